The number of rotatable bonds is 2. The fourth-order valence-electron chi connectivity index (χ4n) is 22.1. The highest BCUT2D eigenvalue weighted by Crippen LogP contribution is 2.65. The maximum atomic E-state index is 2.48. The van der Waals surface area contributed by atoms with E-state index in [1.165, 1.54) is 297 Å². The fraction of sp³-hybridized carbons (Fsp3) is 0.0172. The molecule has 122 heavy (non-hydrogen) atoms. The van der Waals surface area contributed by atoms with Crippen LogP contribution in [0.4, 0.5) is 0 Å². The van der Waals surface area contributed by atoms with Crippen molar-refractivity contribution >= 4 is 250 Å². The molecule has 0 amide bonds. The molecule has 0 unspecified atom stereocenters. The van der Waals surface area contributed by atoms with Crippen LogP contribution < -0.4 is 0 Å². The summed E-state index contributed by atoms with van der Waals surface area (Å²) in [6, 6.07) is 132. The van der Waals surface area contributed by atoms with E-state index in [-0.39, 0.29) is 0 Å². The van der Waals surface area contributed by atoms with Gasteiger partial charge in [0, 0.05) is 112 Å². The molecule has 0 fully saturated rings. The van der Waals surface area contributed by atoms with Crippen LogP contribution in [0.3, 0.4) is 0 Å². The van der Waals surface area contributed by atoms with E-state index in [0.29, 0.717) is 0 Å². The molecule has 0 saturated carbocycles. The molecule has 2 aromatic heterocycles. The minimum Gasteiger partial charge on any atom is -0.135 e. The lowest BCUT2D eigenvalue weighted by Crippen LogP contribution is -2.02. The van der Waals surface area contributed by atoms with Crippen LogP contribution in [0.15, 0.2) is 391 Å². The molecule has 0 saturated heterocycles. The summed E-state index contributed by atoms with van der Waals surface area (Å²) < 4.78 is 5.51. The van der Waals surface area contributed by atoms with Crippen LogP contribution in [0.1, 0.15) is 11.1 Å². The standard InChI is InChI=1S/C46H26S2.C36H22S2.C34H16S2/c1-3-13-27(14-4-1)35-25-37-41-31-19-9-10-20-32(31)42-38-26-36(28-15-5-2-6-16-28)30-18-8-12-22-34(30)46(38)48-40-24-23-39(43(41)44(40)42)47-45(37)33-21-11-7-17-29(33)35;1-19-17-27-31-23-11-5-6-12-24(23)32-28-18-20(2)22-10-4-8-14-26(22)36(28)38-30-16-15-29(33(31)34(30)32)37-35(27)25-13-7-3-9-21(19)25;1-2-7-19-17(5-1)11-13-23-29(19)30-22-10-4-9-21-20-8-3-6-18-12-14-24-31(27(18)20)34(28(21)22)33-26(36-24)16-15-25(35-23)32(30)33/h1-26H;3-18H,1-2H3;1-16H. The average molecular weight is 1650 g/mol. The lowest BCUT2D eigenvalue weighted by Gasteiger charge is -2.30. The summed E-state index contributed by atoms with van der Waals surface area (Å²) >= 11 is 11.7. The lowest BCUT2D eigenvalue weighted by molar-refractivity contribution is 1.36. The Kier molecular flexibility index (Phi) is 14.5. The van der Waals surface area contributed by atoms with Gasteiger partial charge in [0.15, 0.2) is 0 Å². The number of hydrogen-bond donors (Lipinski definition) is 0. The van der Waals surface area contributed by atoms with Crippen molar-refractivity contribution < 1.29 is 0 Å². The van der Waals surface area contributed by atoms with E-state index in [9.17, 15) is 0 Å². The molecule has 4 aliphatic heterocycles. The largest absolute Gasteiger partial charge is 0.135 e. The smallest absolute Gasteiger partial charge is 0.0362 e. The average Bonchev–Trinajstić information content (AvgIpc) is 0.977. The van der Waals surface area contributed by atoms with Gasteiger partial charge in [-0.25, -0.2) is 0 Å². The Morgan fingerprint density at radius 2 is 0.467 bits per heavy atom. The number of aryl methyl sites for hydroxylation is 2. The first-order valence-electron chi connectivity index (χ1n) is 41.9. The van der Waals surface area contributed by atoms with Crippen LogP contribution in [0.5, 0.6) is 0 Å². The van der Waals surface area contributed by atoms with Crippen LogP contribution in [0.25, 0.3) is 247 Å². The normalized spacial score (nSPS) is 13.0. The molecule has 4 aliphatic rings. The number of hydrogen-bond acceptors (Lipinski definition) is 6. The Morgan fingerprint density at radius 3 is 0.918 bits per heavy atom. The number of benzene rings is 24. The van der Waals surface area contributed by atoms with Gasteiger partial charge in [-0.1, -0.05) is 326 Å². The van der Waals surface area contributed by atoms with E-state index in [2.05, 4.69) is 366 Å². The maximum Gasteiger partial charge on any atom is 0.0362 e. The van der Waals surface area contributed by atoms with Gasteiger partial charge < -0.3 is 0 Å². The van der Waals surface area contributed by atoms with Gasteiger partial charge in [0.05, 0.1) is 0 Å². The van der Waals surface area contributed by atoms with Crippen molar-refractivity contribution in [1.29, 1.82) is 0 Å². The second kappa shape index (κ2) is 25.8. The summed E-state index contributed by atoms with van der Waals surface area (Å²) in [6.45, 7) is 4.52. The summed E-state index contributed by atoms with van der Waals surface area (Å²) in [4.78, 5) is 10.9. The fourth-order valence-corrected chi connectivity index (χ4v) is 29.2. The van der Waals surface area contributed by atoms with E-state index >= 15 is 0 Å². The molecule has 0 nitrogen and oxygen atoms in total. The first kappa shape index (κ1) is 68.8. The van der Waals surface area contributed by atoms with Gasteiger partial charge in [0.25, 0.3) is 0 Å². The molecule has 24 aromatic carbocycles. The Labute approximate surface area is 726 Å². The predicted octanol–water partition coefficient (Wildman–Crippen LogP) is 36.1. The molecule has 30 rings (SSSR count). The molecule has 0 spiro atoms. The Hall–Kier alpha value is -13.0. The molecular formula is C116H64S6. The van der Waals surface area contributed by atoms with Gasteiger partial charge in [-0.05, 0) is 272 Å². The summed E-state index contributed by atoms with van der Waals surface area (Å²) in [5, 5.41) is 41.2. The van der Waals surface area contributed by atoms with Gasteiger partial charge in [0.2, 0.25) is 0 Å². The first-order valence-corrected chi connectivity index (χ1v) is 46.8. The SMILES string of the molecule is Cc1cc2c(c3ccccc13)Sc1ccc3c4c(c5ccccc5c-2c14)-c1cc(C)c2ccccc2c1S3.c1ccc(-c2cc3c(c4ccccc24)Sc2ccc4c5c(c6ccccc6c-3c25)-c2cc(-c3ccccc3)c3ccccc3c2S4)cc1.c1ccc2c(c1)ccc1sc3ccc4sc5ccc6cccc7c8cccc9c8c(c5c67)c4c3c9c12. The van der Waals surface area contributed by atoms with E-state index in [1.807, 2.05) is 69.7 Å². The van der Waals surface area contributed by atoms with E-state index in [0.717, 1.165) is 0 Å². The highest BCUT2D eigenvalue weighted by Gasteiger charge is 2.36. The van der Waals surface area contributed by atoms with Crippen molar-refractivity contribution in [3.05, 3.63) is 363 Å². The van der Waals surface area contributed by atoms with Gasteiger partial charge in [-0.3, -0.25) is 0 Å². The predicted molar refractivity (Wildman–Crippen MR) is 534 cm³/mol. The molecule has 6 heteroatoms. The third-order valence-electron chi connectivity index (χ3n) is 27.0. The second-order valence-corrected chi connectivity index (χ2v) is 39.7. The lowest BCUT2D eigenvalue weighted by atomic mass is 9.82. The first-order chi connectivity index (χ1) is 60.4. The summed E-state index contributed by atoms with van der Waals surface area (Å²) in [5.74, 6) is 0. The van der Waals surface area contributed by atoms with Crippen LogP contribution in [0, 0.1) is 13.8 Å². The summed E-state index contributed by atoms with van der Waals surface area (Å²) in [7, 11) is 0. The van der Waals surface area contributed by atoms with Crippen LogP contribution in [-0.4, -0.2) is 0 Å². The zero-order valence-corrected chi connectivity index (χ0v) is 70.8. The minimum absolute atomic E-state index is 1.25. The maximum absolute atomic E-state index is 2.48. The second-order valence-electron chi connectivity index (χ2n) is 33.3. The highest BCUT2D eigenvalue weighted by atomic mass is 32.2. The third kappa shape index (κ3) is 9.44. The monoisotopic (exact) mass is 1650 g/mol. The molecule has 0 bridgehead atoms. The van der Waals surface area contributed by atoms with Crippen molar-refractivity contribution in [2.24, 2.45) is 0 Å². The Bertz CT molecular complexity index is 8850. The zero-order valence-electron chi connectivity index (χ0n) is 65.9. The van der Waals surface area contributed by atoms with Gasteiger partial charge >= 0.3 is 0 Å². The molecular weight excluding hydrogens is 1590 g/mol. The van der Waals surface area contributed by atoms with Crippen molar-refractivity contribution in [2.45, 2.75) is 53.0 Å². The van der Waals surface area contributed by atoms with E-state index in [4.69, 9.17) is 0 Å². The molecule has 564 valence electrons. The number of fused-ring (bicyclic) bond motifs is 28. The third-order valence-corrected chi connectivity index (χ3v) is 34.1. The van der Waals surface area contributed by atoms with Crippen LogP contribution >= 0.6 is 69.7 Å². The Morgan fingerprint density at radius 1 is 0.164 bits per heavy atom. The van der Waals surface area contributed by atoms with Crippen molar-refractivity contribution in [3.8, 4) is 66.8 Å². The molecule has 0 aliphatic carbocycles. The summed E-state index contributed by atoms with van der Waals surface area (Å²) in [6.07, 6.45) is 0. The topological polar surface area (TPSA) is 0 Å². The van der Waals surface area contributed by atoms with Crippen molar-refractivity contribution in [2.75, 3.05) is 0 Å². The van der Waals surface area contributed by atoms with Gasteiger partial charge in [-0.15, -0.1) is 22.7 Å². The van der Waals surface area contributed by atoms with Gasteiger partial charge in [0.1, 0.15) is 0 Å². The summed E-state index contributed by atoms with van der Waals surface area (Å²) in [5.41, 5.74) is 18.7. The van der Waals surface area contributed by atoms with Gasteiger partial charge in [-0.2, -0.15) is 0 Å². The van der Waals surface area contributed by atoms with Crippen molar-refractivity contribution in [3.63, 3.8) is 0 Å². The molecule has 0 atom stereocenters. The quantitative estimate of drug-likeness (QED) is 0.125. The minimum atomic E-state index is 1.25. The Balaban J connectivity index is 0.0000000953. The van der Waals surface area contributed by atoms with Crippen LogP contribution in [0.2, 0.25) is 0 Å². The zero-order chi connectivity index (χ0) is 79.6. The molecule has 0 N–H and O–H groups in total. The van der Waals surface area contributed by atoms with E-state index in [1.54, 1.807) is 0 Å². The molecule has 26 aromatic rings. The highest BCUT2D eigenvalue weighted by molar-refractivity contribution is 8.01. The molecule has 0 radical (unpaired) electrons. The molecule has 6 heterocycles. The van der Waals surface area contributed by atoms with Crippen molar-refractivity contribution in [1.82, 2.24) is 0 Å². The van der Waals surface area contributed by atoms with Crippen LogP contribution in [-0.2, 0) is 0 Å². The van der Waals surface area contributed by atoms with E-state index < -0.39 is 0 Å².